The van der Waals surface area contributed by atoms with E-state index >= 15 is 35.1 Å². The molecule has 0 N–H and O–H groups in total. The van der Waals surface area contributed by atoms with Crippen LogP contribution in [0.4, 0.5) is 87.8 Å². The molecule has 1 nitrogen and oxygen atoms in total. The average molecular weight is 794 g/mol. The predicted octanol–water partition coefficient (Wildman–Crippen LogP) is 6.38. The van der Waals surface area contributed by atoms with E-state index in [1.165, 1.54) is 0 Å². The van der Waals surface area contributed by atoms with Gasteiger partial charge in [-0.05, 0) is 27.9 Å². The molecule has 1 heterocycles. The normalized spacial score (nSPS) is 12.2. The highest BCUT2D eigenvalue weighted by atomic mass is 19.2. The van der Waals surface area contributed by atoms with Crippen molar-refractivity contribution in [2.45, 2.75) is 0 Å². The molecule has 0 bridgehead atoms. The third-order valence-corrected chi connectivity index (χ3v) is 8.50. The van der Waals surface area contributed by atoms with Crippen molar-refractivity contribution in [1.29, 1.82) is 0 Å². The fraction of sp³-hybridized carbons (Fsp3) is 0.0323. The Morgan fingerprint density at radius 2 is 0.685 bits per heavy atom. The summed E-state index contributed by atoms with van der Waals surface area (Å²) in [5, 5.41) is 0. The van der Waals surface area contributed by atoms with Crippen molar-refractivity contribution in [1.82, 2.24) is 0 Å². The predicted molar refractivity (Wildman–Crippen MR) is 146 cm³/mol. The molecule has 0 spiro atoms. The summed E-state index contributed by atoms with van der Waals surface area (Å²) in [6, 6.07) is -0.545. The maximum atomic E-state index is 16.0. The van der Waals surface area contributed by atoms with Gasteiger partial charge in [0.1, 0.15) is 0 Å². The summed E-state index contributed by atoms with van der Waals surface area (Å²) in [6.07, 6.45) is 0. The molecule has 0 unspecified atom stereocenters. The van der Waals surface area contributed by atoms with Crippen LogP contribution in [0, 0.1) is 116 Å². The summed E-state index contributed by atoms with van der Waals surface area (Å²) in [6.45, 7) is -7.18. The van der Waals surface area contributed by atoms with Crippen LogP contribution in [-0.2, 0) is 4.65 Å². The van der Waals surface area contributed by atoms with Crippen molar-refractivity contribution in [2.75, 3.05) is 7.11 Å². The molecule has 5 aromatic rings. The van der Waals surface area contributed by atoms with E-state index in [0.29, 0.717) is 0 Å². The molecule has 0 radical (unpaired) electrons. The van der Waals surface area contributed by atoms with Crippen LogP contribution < -0.4 is 27.3 Å². The van der Waals surface area contributed by atoms with Crippen LogP contribution >= 0.6 is 0 Å². The Morgan fingerprint density at radius 1 is 0.352 bits per heavy atom. The standard InChI is InChI=1S/C31H4B2F20O/c1-54-33(10-5(15(37)24(46)29(51)20(10)42)3-2-4(34)14(36)23(45)13(3)35)12-11(21(43)30(52)31(53)22(12)44)32-8-6(16(38)25(47)27(49)18(8)40)7-9(32)19(41)28(50)26(48)17(7)39/h2H,1H3. The van der Waals surface area contributed by atoms with E-state index in [2.05, 4.69) is 4.65 Å². The molecule has 5 aromatic carbocycles. The third-order valence-electron chi connectivity index (χ3n) is 8.50. The summed E-state index contributed by atoms with van der Waals surface area (Å²) >= 11 is 0. The van der Waals surface area contributed by atoms with Crippen LogP contribution in [0.2, 0.25) is 0 Å². The van der Waals surface area contributed by atoms with Crippen molar-refractivity contribution in [2.24, 2.45) is 0 Å². The lowest BCUT2D eigenvalue weighted by atomic mass is 9.34. The molecule has 54 heavy (non-hydrogen) atoms. The molecule has 0 aromatic heterocycles. The zero-order chi connectivity index (χ0) is 40.3. The first kappa shape index (κ1) is 38.5. The lowest BCUT2D eigenvalue weighted by molar-refractivity contribution is 0.401. The molecular weight excluding hydrogens is 790 g/mol. The number of halogens is 20. The lowest BCUT2D eigenvalue weighted by Crippen LogP contribution is -2.65. The van der Waals surface area contributed by atoms with Crippen LogP contribution in [0.1, 0.15) is 0 Å². The number of hydrogen-bond donors (Lipinski definition) is 0. The Kier molecular flexibility index (Phi) is 9.26. The first-order chi connectivity index (χ1) is 25.1. The van der Waals surface area contributed by atoms with Crippen molar-refractivity contribution >= 4 is 40.9 Å². The zero-order valence-corrected chi connectivity index (χ0v) is 25.2. The molecule has 0 fully saturated rings. The molecule has 0 saturated heterocycles. The smallest absolute Gasteiger partial charge is 0.367 e. The SMILES string of the molecule is COB(c1c(F)c(F)c(F)c(F)c1B1c2c(F)c(F)c(F)c(F)c2-c2c(F)c(F)c(F)c(F)c21)c1c(F)c(F)c(F)c(F)c1-c1cc(F)c(F)c(F)c1F. The third kappa shape index (κ3) is 4.95. The summed E-state index contributed by atoms with van der Waals surface area (Å²) in [5.74, 6) is -57.7. The molecule has 0 saturated carbocycles. The van der Waals surface area contributed by atoms with E-state index in [1.54, 1.807) is 0 Å². The van der Waals surface area contributed by atoms with E-state index < -0.39 is 186 Å². The highest BCUT2D eigenvalue weighted by Crippen LogP contribution is 2.36. The fourth-order valence-electron chi connectivity index (χ4n) is 6.26. The van der Waals surface area contributed by atoms with Gasteiger partial charge in [-0.2, -0.15) is 0 Å². The second-order valence-corrected chi connectivity index (χ2v) is 11.1. The Labute approximate surface area is 285 Å². The Hall–Kier alpha value is -5.21. The van der Waals surface area contributed by atoms with Crippen molar-refractivity contribution < 1.29 is 92.5 Å². The van der Waals surface area contributed by atoms with Crippen LogP contribution in [0.15, 0.2) is 6.07 Å². The molecule has 6 rings (SSSR count). The van der Waals surface area contributed by atoms with Gasteiger partial charge in [0.25, 0.3) is 6.71 Å². The number of fused-ring (bicyclic) bond motifs is 3. The molecule has 280 valence electrons. The Bertz CT molecular complexity index is 2450. The Morgan fingerprint density at radius 3 is 1.11 bits per heavy atom. The maximum absolute atomic E-state index is 16.0. The van der Waals surface area contributed by atoms with Crippen LogP contribution in [0.25, 0.3) is 22.3 Å². The van der Waals surface area contributed by atoms with Crippen molar-refractivity contribution in [3.05, 3.63) is 122 Å². The van der Waals surface area contributed by atoms with Crippen LogP contribution in [-0.4, -0.2) is 20.7 Å². The largest absolute Gasteiger partial charge is 0.430 e. The van der Waals surface area contributed by atoms with Gasteiger partial charge in [0, 0.05) is 34.8 Å². The summed E-state index contributed by atoms with van der Waals surface area (Å²) in [7, 11) is 0.152. The minimum atomic E-state index is -3.60. The molecule has 0 aliphatic carbocycles. The Balaban J connectivity index is 1.86. The van der Waals surface area contributed by atoms with Crippen LogP contribution in [0.3, 0.4) is 0 Å². The fourth-order valence-corrected chi connectivity index (χ4v) is 6.26. The molecule has 0 atom stereocenters. The molecule has 1 aliphatic rings. The van der Waals surface area contributed by atoms with Gasteiger partial charge in [0.05, 0.1) is 0 Å². The van der Waals surface area contributed by atoms with E-state index in [4.69, 9.17) is 0 Å². The van der Waals surface area contributed by atoms with Gasteiger partial charge in [-0.1, -0.05) is 0 Å². The van der Waals surface area contributed by atoms with Gasteiger partial charge in [-0.25, -0.2) is 87.8 Å². The maximum Gasteiger partial charge on any atom is 0.367 e. The highest BCUT2D eigenvalue weighted by Gasteiger charge is 2.51. The second kappa shape index (κ2) is 13.0. The van der Waals surface area contributed by atoms with E-state index in [9.17, 15) is 52.7 Å². The zero-order valence-electron chi connectivity index (χ0n) is 25.2. The first-order valence-corrected chi connectivity index (χ1v) is 13.9. The molecule has 0 amide bonds. The quantitative estimate of drug-likeness (QED) is 0.0853. The minimum absolute atomic E-state index is 0.152. The van der Waals surface area contributed by atoms with Gasteiger partial charge in [-0.15, -0.1) is 0 Å². The summed E-state index contributed by atoms with van der Waals surface area (Å²) in [5.41, 5.74) is -20.2. The lowest BCUT2D eigenvalue weighted by Gasteiger charge is -2.25. The molecule has 1 aliphatic heterocycles. The van der Waals surface area contributed by atoms with Crippen molar-refractivity contribution in [3.8, 4) is 22.3 Å². The topological polar surface area (TPSA) is 9.23 Å². The van der Waals surface area contributed by atoms with E-state index in [0.717, 1.165) is 0 Å². The first-order valence-electron chi connectivity index (χ1n) is 13.9. The number of benzene rings is 5. The van der Waals surface area contributed by atoms with Crippen LogP contribution in [0.5, 0.6) is 0 Å². The molecule has 23 heteroatoms. The monoisotopic (exact) mass is 794 g/mol. The van der Waals surface area contributed by atoms with E-state index in [-0.39, 0.29) is 7.11 Å². The molecular formula is C31H4B2F20O. The minimum Gasteiger partial charge on any atom is -0.430 e. The average Bonchev–Trinajstić information content (AvgIpc) is 3.50. The van der Waals surface area contributed by atoms with Gasteiger partial charge in [0.15, 0.2) is 116 Å². The number of rotatable bonds is 5. The van der Waals surface area contributed by atoms with Gasteiger partial charge < -0.3 is 4.65 Å². The summed E-state index contributed by atoms with van der Waals surface area (Å²) in [4.78, 5) is 0. The summed E-state index contributed by atoms with van der Waals surface area (Å²) < 4.78 is 304. The highest BCUT2D eigenvalue weighted by molar-refractivity contribution is 7.02. The van der Waals surface area contributed by atoms with Gasteiger partial charge in [0.2, 0.25) is 0 Å². The van der Waals surface area contributed by atoms with Gasteiger partial charge >= 0.3 is 6.92 Å². The number of hydrogen-bond acceptors (Lipinski definition) is 1. The second-order valence-electron chi connectivity index (χ2n) is 11.1. The van der Waals surface area contributed by atoms with E-state index in [1.807, 2.05) is 0 Å². The van der Waals surface area contributed by atoms with Gasteiger partial charge in [-0.3, -0.25) is 0 Å². The van der Waals surface area contributed by atoms with Crippen molar-refractivity contribution in [3.63, 3.8) is 0 Å².